The first-order valence-electron chi connectivity index (χ1n) is 21.3. The summed E-state index contributed by atoms with van der Waals surface area (Å²) in [5.74, 6) is 0. The SMILES string of the molecule is c1ccc(-c2ccc(-c3cc(-c4ccc(-c5ccccc5)cc4)cc(-n4c5ccc(-c6ccccc6)cc5c5cc6c(cc54)c4ccccc4n6-c4ccccc4)c3)cc2)cc1. The molecule has 0 fully saturated rings. The van der Waals surface area contributed by atoms with Crippen molar-refractivity contribution in [1.82, 2.24) is 9.13 Å². The van der Waals surface area contributed by atoms with Crippen molar-refractivity contribution in [3.05, 3.63) is 243 Å². The fourth-order valence-electron chi connectivity index (χ4n) is 9.47. The predicted octanol–water partition coefficient (Wildman–Crippen LogP) is 16.2. The van der Waals surface area contributed by atoms with E-state index in [1.165, 1.54) is 99.2 Å². The molecule has 10 aromatic carbocycles. The Hall–Kier alpha value is -8.20. The first-order chi connectivity index (χ1) is 30.7. The van der Waals surface area contributed by atoms with E-state index in [0.29, 0.717) is 0 Å². The second-order valence-electron chi connectivity index (χ2n) is 16.2. The highest BCUT2D eigenvalue weighted by Crippen LogP contribution is 2.42. The topological polar surface area (TPSA) is 9.86 Å². The second-order valence-corrected chi connectivity index (χ2v) is 16.2. The molecule has 0 spiro atoms. The van der Waals surface area contributed by atoms with Crippen molar-refractivity contribution < 1.29 is 0 Å². The molecule has 0 aliphatic heterocycles. The lowest BCUT2D eigenvalue weighted by molar-refractivity contribution is 1.17. The molecule has 62 heavy (non-hydrogen) atoms. The Morgan fingerprint density at radius 2 is 0.532 bits per heavy atom. The molecule has 2 nitrogen and oxygen atoms in total. The van der Waals surface area contributed by atoms with E-state index in [4.69, 9.17) is 0 Å². The van der Waals surface area contributed by atoms with Gasteiger partial charge in [0.2, 0.25) is 0 Å². The van der Waals surface area contributed by atoms with Crippen LogP contribution in [0.2, 0.25) is 0 Å². The summed E-state index contributed by atoms with van der Waals surface area (Å²) in [7, 11) is 0. The van der Waals surface area contributed by atoms with Gasteiger partial charge in [0, 0.05) is 32.9 Å². The molecule has 2 heterocycles. The Morgan fingerprint density at radius 3 is 1.06 bits per heavy atom. The fraction of sp³-hybridized carbons (Fsp3) is 0. The number of hydrogen-bond acceptors (Lipinski definition) is 0. The Labute approximate surface area is 360 Å². The molecule has 2 aromatic heterocycles. The molecular weight excluding hydrogens is 749 g/mol. The number of hydrogen-bond donors (Lipinski definition) is 0. The third-order valence-electron chi connectivity index (χ3n) is 12.5. The van der Waals surface area contributed by atoms with Crippen molar-refractivity contribution in [1.29, 1.82) is 0 Å². The number of nitrogens with zero attached hydrogens (tertiary/aromatic N) is 2. The van der Waals surface area contributed by atoms with Crippen LogP contribution in [0.25, 0.3) is 111 Å². The third-order valence-corrected chi connectivity index (χ3v) is 12.5. The quantitative estimate of drug-likeness (QED) is 0.152. The van der Waals surface area contributed by atoms with E-state index in [1.807, 2.05) is 0 Å². The van der Waals surface area contributed by atoms with Crippen LogP contribution in [0.5, 0.6) is 0 Å². The lowest BCUT2D eigenvalue weighted by Gasteiger charge is -2.15. The summed E-state index contributed by atoms with van der Waals surface area (Å²) in [6.45, 7) is 0. The van der Waals surface area contributed by atoms with E-state index in [-0.39, 0.29) is 0 Å². The van der Waals surface area contributed by atoms with Gasteiger partial charge in [0.05, 0.1) is 22.1 Å². The molecule has 0 bridgehead atoms. The van der Waals surface area contributed by atoms with Crippen molar-refractivity contribution in [3.8, 4) is 67.0 Å². The first kappa shape index (κ1) is 35.7. The van der Waals surface area contributed by atoms with Crippen LogP contribution in [-0.4, -0.2) is 9.13 Å². The average Bonchev–Trinajstić information content (AvgIpc) is 3.85. The lowest BCUT2D eigenvalue weighted by Crippen LogP contribution is -1.96. The molecule has 0 aliphatic rings. The van der Waals surface area contributed by atoms with E-state index in [1.54, 1.807) is 0 Å². The highest BCUT2D eigenvalue weighted by molar-refractivity contribution is 6.19. The summed E-state index contributed by atoms with van der Waals surface area (Å²) < 4.78 is 4.92. The van der Waals surface area contributed by atoms with Gasteiger partial charge in [-0.3, -0.25) is 0 Å². The van der Waals surface area contributed by atoms with Crippen LogP contribution >= 0.6 is 0 Å². The van der Waals surface area contributed by atoms with E-state index in [9.17, 15) is 0 Å². The molecular formula is C60H40N2. The highest BCUT2D eigenvalue weighted by Gasteiger charge is 2.20. The minimum atomic E-state index is 1.12. The number of para-hydroxylation sites is 2. The van der Waals surface area contributed by atoms with Crippen LogP contribution in [0.15, 0.2) is 243 Å². The van der Waals surface area contributed by atoms with Gasteiger partial charge in [-0.25, -0.2) is 0 Å². The van der Waals surface area contributed by atoms with Crippen LogP contribution < -0.4 is 0 Å². The fourth-order valence-corrected chi connectivity index (χ4v) is 9.47. The molecule has 0 amide bonds. The minimum Gasteiger partial charge on any atom is -0.309 e. The summed E-state index contributed by atoms with van der Waals surface area (Å²) in [5, 5.41) is 4.91. The van der Waals surface area contributed by atoms with Crippen molar-refractivity contribution in [2.75, 3.05) is 0 Å². The zero-order valence-electron chi connectivity index (χ0n) is 34.0. The first-order valence-corrected chi connectivity index (χ1v) is 21.3. The van der Waals surface area contributed by atoms with Gasteiger partial charge in [-0.2, -0.15) is 0 Å². The highest BCUT2D eigenvalue weighted by atomic mass is 15.0. The molecule has 0 unspecified atom stereocenters. The monoisotopic (exact) mass is 788 g/mol. The number of fused-ring (bicyclic) bond motifs is 6. The van der Waals surface area contributed by atoms with Crippen molar-refractivity contribution >= 4 is 43.6 Å². The van der Waals surface area contributed by atoms with Crippen LogP contribution in [0, 0.1) is 0 Å². The van der Waals surface area contributed by atoms with Crippen LogP contribution in [0.1, 0.15) is 0 Å². The molecule has 0 N–H and O–H groups in total. The van der Waals surface area contributed by atoms with Gasteiger partial charge in [0.1, 0.15) is 0 Å². The maximum Gasteiger partial charge on any atom is 0.0548 e. The minimum absolute atomic E-state index is 1.12. The molecule has 12 aromatic rings. The maximum atomic E-state index is 2.50. The average molecular weight is 789 g/mol. The Bertz CT molecular complexity index is 3460. The van der Waals surface area contributed by atoms with Gasteiger partial charge < -0.3 is 9.13 Å². The Kier molecular flexibility index (Phi) is 8.53. The molecule has 0 saturated carbocycles. The largest absolute Gasteiger partial charge is 0.309 e. The standard InChI is InChI=1S/C60H40N2/c1-5-15-41(16-6-1)44-25-29-46(30-26-44)49-35-50(47-31-27-45(28-32-47)42-17-7-2-8-18-42)37-52(36-49)62-58-34-33-48(43-19-9-3-10-20-43)38-54(58)56-40-59-55(39-60(56)62)53-23-13-14-24-57(53)61(59)51-21-11-4-12-22-51/h1-40H. The van der Waals surface area contributed by atoms with E-state index < -0.39 is 0 Å². The zero-order chi connectivity index (χ0) is 41.0. The van der Waals surface area contributed by atoms with E-state index in [2.05, 4.69) is 252 Å². The van der Waals surface area contributed by atoms with Gasteiger partial charge in [-0.1, -0.05) is 182 Å². The lowest BCUT2D eigenvalue weighted by atomic mass is 9.95. The summed E-state index contributed by atoms with van der Waals surface area (Å²) in [6, 6.07) is 88.6. The van der Waals surface area contributed by atoms with Crippen LogP contribution in [0.4, 0.5) is 0 Å². The molecule has 0 saturated heterocycles. The summed E-state index contributed by atoms with van der Waals surface area (Å²) >= 11 is 0. The van der Waals surface area contributed by atoms with Crippen molar-refractivity contribution in [2.45, 2.75) is 0 Å². The zero-order valence-corrected chi connectivity index (χ0v) is 34.0. The van der Waals surface area contributed by atoms with Crippen LogP contribution in [0.3, 0.4) is 0 Å². The molecule has 2 heteroatoms. The number of aromatic nitrogens is 2. The Balaban J connectivity index is 1.13. The predicted molar refractivity (Wildman–Crippen MR) is 262 cm³/mol. The molecule has 0 atom stereocenters. The summed E-state index contributed by atoms with van der Waals surface area (Å²) in [6.07, 6.45) is 0. The number of rotatable bonds is 7. The summed E-state index contributed by atoms with van der Waals surface area (Å²) in [4.78, 5) is 0. The second kappa shape index (κ2) is 14.8. The maximum absolute atomic E-state index is 2.50. The van der Waals surface area contributed by atoms with Gasteiger partial charge in [-0.15, -0.1) is 0 Å². The van der Waals surface area contributed by atoms with Gasteiger partial charge >= 0.3 is 0 Å². The smallest absolute Gasteiger partial charge is 0.0548 e. The molecule has 290 valence electrons. The third kappa shape index (κ3) is 6.12. The van der Waals surface area contributed by atoms with Gasteiger partial charge in [0.15, 0.2) is 0 Å². The van der Waals surface area contributed by atoms with Gasteiger partial charge in [0.25, 0.3) is 0 Å². The Morgan fingerprint density at radius 1 is 0.177 bits per heavy atom. The molecule has 12 rings (SSSR count). The molecule has 0 radical (unpaired) electrons. The van der Waals surface area contributed by atoms with Crippen LogP contribution in [-0.2, 0) is 0 Å². The van der Waals surface area contributed by atoms with Crippen molar-refractivity contribution in [3.63, 3.8) is 0 Å². The van der Waals surface area contributed by atoms with E-state index in [0.717, 1.165) is 11.4 Å². The molecule has 0 aliphatic carbocycles. The normalized spacial score (nSPS) is 11.5. The van der Waals surface area contributed by atoms with E-state index >= 15 is 0 Å². The number of benzene rings is 10. The van der Waals surface area contributed by atoms with Crippen molar-refractivity contribution in [2.24, 2.45) is 0 Å². The van der Waals surface area contributed by atoms with Gasteiger partial charge in [-0.05, 0) is 116 Å². The summed E-state index contributed by atoms with van der Waals surface area (Å²) in [5.41, 5.74) is 19.0.